The molecule has 446 valence electrons. The Hall–Kier alpha value is -2.46. The van der Waals surface area contributed by atoms with Gasteiger partial charge in [0, 0.05) is 31.6 Å². The Morgan fingerprint density at radius 2 is 1.03 bits per heavy atom. The quantitative estimate of drug-likeness (QED) is 0.0483. The lowest BCUT2D eigenvalue weighted by molar-refractivity contribution is -0.380. The Kier molecular flexibility index (Phi) is 21.9. The second-order valence-electron chi connectivity index (χ2n) is 22.5. The Morgan fingerprint density at radius 1 is 0.474 bits per heavy atom. The molecule has 26 nitrogen and oxygen atoms in total. The number of rotatable bonds is 17. The summed E-state index contributed by atoms with van der Waals surface area (Å²) in [6.07, 6.45) is -24.4. The van der Waals surface area contributed by atoms with Crippen molar-refractivity contribution in [2.45, 2.75) is 237 Å². The third kappa shape index (κ3) is 14.8. The van der Waals surface area contributed by atoms with Gasteiger partial charge in [-0.3, -0.25) is 0 Å². The van der Waals surface area contributed by atoms with Crippen molar-refractivity contribution in [2.75, 3.05) is 26.9 Å². The molecule has 8 fully saturated rings. The van der Waals surface area contributed by atoms with E-state index in [-0.39, 0.29) is 49.9 Å². The first-order valence-electron chi connectivity index (χ1n) is 27.5. The molecule has 4 saturated carbocycles. The summed E-state index contributed by atoms with van der Waals surface area (Å²) in [7, 11) is 1.46. The van der Waals surface area contributed by atoms with Crippen LogP contribution in [0.1, 0.15) is 83.5 Å². The second kappa shape index (κ2) is 27.7. The zero-order valence-corrected chi connectivity index (χ0v) is 43.5. The Bertz CT molecular complexity index is 1960. The van der Waals surface area contributed by atoms with Crippen LogP contribution in [0.5, 0.6) is 0 Å². The molecule has 0 amide bonds. The van der Waals surface area contributed by atoms with E-state index in [1.807, 2.05) is 0 Å². The zero-order valence-electron chi connectivity index (χ0n) is 43.5. The molecular formula is C52H82O26. The van der Waals surface area contributed by atoms with Crippen LogP contribution in [-0.4, -0.2) is 264 Å². The van der Waals surface area contributed by atoms with E-state index in [0.717, 1.165) is 6.08 Å². The van der Waals surface area contributed by atoms with Crippen molar-refractivity contribution in [3.63, 3.8) is 0 Å². The van der Waals surface area contributed by atoms with E-state index in [1.54, 1.807) is 12.2 Å². The highest BCUT2D eigenvalue weighted by atomic mass is 16.8. The van der Waals surface area contributed by atoms with E-state index in [4.69, 9.17) is 47.4 Å². The van der Waals surface area contributed by atoms with Crippen molar-refractivity contribution in [2.24, 2.45) is 23.7 Å². The topological polar surface area (TPSA) is 410 Å². The van der Waals surface area contributed by atoms with Gasteiger partial charge in [0.1, 0.15) is 86.5 Å². The predicted molar refractivity (Wildman–Crippen MR) is 259 cm³/mol. The molecule has 4 aliphatic heterocycles. The molecule has 4 aliphatic carbocycles. The fourth-order valence-corrected chi connectivity index (χ4v) is 12.4. The van der Waals surface area contributed by atoms with Gasteiger partial charge in [0.05, 0.1) is 67.6 Å². The number of aliphatic hydroxyl groups excluding tert-OH is 14. The second-order valence-corrected chi connectivity index (χ2v) is 22.5. The van der Waals surface area contributed by atoms with Crippen LogP contribution in [0.25, 0.3) is 0 Å². The molecule has 27 atom stereocenters. The van der Waals surface area contributed by atoms with Gasteiger partial charge in [-0.05, 0) is 94.8 Å². The van der Waals surface area contributed by atoms with E-state index in [1.165, 1.54) is 13.2 Å². The first-order chi connectivity index (χ1) is 37.2. The van der Waals surface area contributed by atoms with Crippen molar-refractivity contribution in [3.8, 4) is 0 Å². The van der Waals surface area contributed by atoms with Gasteiger partial charge in [0.25, 0.3) is 0 Å². The highest BCUT2D eigenvalue weighted by molar-refractivity contribution is 5.82. The highest BCUT2D eigenvalue weighted by Crippen LogP contribution is 2.46. The molecule has 0 aromatic heterocycles. The molecule has 0 radical (unpaired) electrons. The zero-order chi connectivity index (χ0) is 56.1. The summed E-state index contributed by atoms with van der Waals surface area (Å²) in [6.45, 7) is -2.02. The Balaban J connectivity index is 0.985. The summed E-state index contributed by atoms with van der Waals surface area (Å²) in [4.78, 5) is 25.5. The maximum absolute atomic E-state index is 12.7. The maximum atomic E-state index is 12.7. The summed E-state index contributed by atoms with van der Waals surface area (Å²) in [6, 6.07) is 0. The smallest absolute Gasteiger partial charge is 0.330 e. The van der Waals surface area contributed by atoms with Crippen LogP contribution in [0.15, 0.2) is 24.3 Å². The van der Waals surface area contributed by atoms with Gasteiger partial charge >= 0.3 is 11.9 Å². The lowest BCUT2D eigenvalue weighted by atomic mass is 9.72. The number of hydrogen-bond acceptors (Lipinski definition) is 26. The third-order valence-electron chi connectivity index (χ3n) is 17.2. The number of fused-ring (bicyclic) bond motifs is 1. The van der Waals surface area contributed by atoms with Crippen LogP contribution in [0.2, 0.25) is 0 Å². The molecule has 4 heterocycles. The number of methoxy groups -OCH3 is 1. The van der Waals surface area contributed by atoms with Crippen molar-refractivity contribution in [1.29, 1.82) is 0 Å². The van der Waals surface area contributed by atoms with Gasteiger partial charge < -0.3 is 119 Å². The van der Waals surface area contributed by atoms with Gasteiger partial charge in [-0.25, -0.2) is 9.59 Å². The monoisotopic (exact) mass is 1120 g/mol. The van der Waals surface area contributed by atoms with Crippen molar-refractivity contribution >= 4 is 11.9 Å². The first kappa shape index (κ1) is 61.6. The van der Waals surface area contributed by atoms with Crippen LogP contribution in [0.4, 0.5) is 0 Å². The summed E-state index contributed by atoms with van der Waals surface area (Å²) >= 11 is 0. The number of hydrogen-bond donors (Lipinski definition) is 14. The third-order valence-corrected chi connectivity index (χ3v) is 17.2. The number of ether oxygens (including phenoxy) is 10. The summed E-state index contributed by atoms with van der Waals surface area (Å²) in [5, 5.41) is 151. The molecule has 0 aromatic carbocycles. The first-order valence-corrected chi connectivity index (χ1v) is 27.5. The summed E-state index contributed by atoms with van der Waals surface area (Å²) < 4.78 is 60.2. The van der Waals surface area contributed by atoms with E-state index < -0.39 is 191 Å². The molecule has 4 saturated heterocycles. The van der Waals surface area contributed by atoms with Crippen LogP contribution in [0.3, 0.4) is 0 Å². The normalized spacial score (nSPS) is 48.6. The molecule has 14 N–H and O–H groups in total. The number of carbonyl (C=O) groups excluding carboxylic acids is 2. The van der Waals surface area contributed by atoms with Crippen LogP contribution in [-0.2, 0) is 57.0 Å². The van der Waals surface area contributed by atoms with E-state index in [0.29, 0.717) is 51.4 Å². The fourth-order valence-electron chi connectivity index (χ4n) is 12.4. The van der Waals surface area contributed by atoms with E-state index in [2.05, 4.69) is 0 Å². The molecule has 8 rings (SSSR count). The number of aliphatic hydroxyl groups is 14. The Morgan fingerprint density at radius 3 is 1.63 bits per heavy atom. The summed E-state index contributed by atoms with van der Waals surface area (Å²) in [5.41, 5.74) is 0. The molecule has 0 aromatic rings. The maximum Gasteiger partial charge on any atom is 0.330 e. The standard InChI is InChI=1S/C52H82O26/c1-69-33-15-24(7-11-29(33)57)48-34(18-27-31(72-48)16-26(55)17-32(27)73-50-46(67)43(64)41(62)36(76-50)20-71-39(60)13-6-23-4-10-28(56)30(58)14-23)74-52-49(45(66)40(61)35(19-53)75-52)78-51-47(68)44(65)42(63)37(77-51)21-70-38(59)12-5-22-2-8-25(54)9-3-22/h5-6,12-13,22-37,40-58,61-68H,2-4,7-11,14-21H2,1H3. The van der Waals surface area contributed by atoms with Gasteiger partial charge in [-0.1, -0.05) is 12.2 Å². The van der Waals surface area contributed by atoms with Gasteiger partial charge in [0.15, 0.2) is 18.9 Å². The average Bonchev–Trinajstić information content (AvgIpc) is 3.53. The Labute approximate surface area is 451 Å². The molecule has 8 aliphatic rings. The molecule has 78 heavy (non-hydrogen) atoms. The van der Waals surface area contributed by atoms with Gasteiger partial charge in [-0.15, -0.1) is 0 Å². The van der Waals surface area contributed by atoms with E-state index >= 15 is 0 Å². The molecular weight excluding hydrogens is 1040 g/mol. The average molecular weight is 1120 g/mol. The van der Waals surface area contributed by atoms with Gasteiger partial charge in [-0.2, -0.15) is 0 Å². The molecule has 27 unspecified atom stereocenters. The lowest BCUT2D eigenvalue weighted by Crippen LogP contribution is -2.66. The highest BCUT2D eigenvalue weighted by Gasteiger charge is 2.56. The summed E-state index contributed by atoms with van der Waals surface area (Å²) in [5.74, 6) is -2.86. The minimum atomic E-state index is -1.99. The van der Waals surface area contributed by atoms with E-state index in [9.17, 15) is 81.1 Å². The van der Waals surface area contributed by atoms with Crippen molar-refractivity contribution < 1.29 is 128 Å². The number of carbonyl (C=O) groups is 2. The molecule has 0 bridgehead atoms. The fraction of sp³-hybridized carbons (Fsp3) is 0.885. The van der Waals surface area contributed by atoms with Crippen LogP contribution in [0, 0.1) is 23.7 Å². The van der Waals surface area contributed by atoms with Crippen LogP contribution >= 0.6 is 0 Å². The minimum Gasteiger partial charge on any atom is -0.460 e. The van der Waals surface area contributed by atoms with Crippen molar-refractivity contribution in [3.05, 3.63) is 24.3 Å². The predicted octanol–water partition coefficient (Wildman–Crippen LogP) is -4.43. The molecule has 0 spiro atoms. The number of allylic oxidation sites excluding steroid dienone is 2. The van der Waals surface area contributed by atoms with Crippen molar-refractivity contribution in [1.82, 2.24) is 0 Å². The van der Waals surface area contributed by atoms with Gasteiger partial charge in [0.2, 0.25) is 0 Å². The lowest BCUT2D eigenvalue weighted by Gasteiger charge is -2.53. The van der Waals surface area contributed by atoms with Crippen LogP contribution < -0.4 is 0 Å². The minimum absolute atomic E-state index is 0.0227. The number of esters is 2. The molecule has 26 heteroatoms. The largest absolute Gasteiger partial charge is 0.460 e. The SMILES string of the molecule is COC1CC(C2OC3CC(O)CC(OC4OC(COC(=O)C=CC5CCC(O)C(O)C5)C(O)C(O)C4O)C3CC2OC2OC(CO)C(O)C(O)C2OC2OC(COC(=O)C=CC3CCC(O)CC3)C(O)C(O)C2O)CCC1O.